The van der Waals surface area contributed by atoms with E-state index in [0.29, 0.717) is 6.42 Å². The monoisotopic (exact) mass is 366 g/mol. The maximum Gasteiger partial charge on any atom is 0.241 e. The van der Waals surface area contributed by atoms with Crippen LogP contribution >= 0.6 is 0 Å². The molecule has 1 atom stereocenters. The van der Waals surface area contributed by atoms with E-state index in [1.807, 2.05) is 32.9 Å². The van der Waals surface area contributed by atoms with Crippen LogP contribution in [0.3, 0.4) is 0 Å². The predicted molar refractivity (Wildman–Crippen MR) is 99.8 cm³/mol. The number of rotatable bonds is 7. The number of piperidine rings is 1. The highest BCUT2D eigenvalue weighted by Crippen LogP contribution is 2.17. The minimum Gasteiger partial charge on any atom is -0.341 e. The van der Waals surface area contributed by atoms with Crippen LogP contribution in [0.25, 0.3) is 0 Å². The van der Waals surface area contributed by atoms with Crippen molar-refractivity contribution >= 4 is 15.9 Å². The van der Waals surface area contributed by atoms with Gasteiger partial charge in [-0.3, -0.25) is 4.79 Å². The summed E-state index contributed by atoms with van der Waals surface area (Å²) in [6.45, 7) is 7.47. The van der Waals surface area contributed by atoms with E-state index in [2.05, 4.69) is 4.72 Å². The van der Waals surface area contributed by atoms with E-state index < -0.39 is 16.1 Å². The lowest BCUT2D eigenvalue weighted by Gasteiger charge is -2.31. The smallest absolute Gasteiger partial charge is 0.241 e. The van der Waals surface area contributed by atoms with Crippen molar-refractivity contribution in [3.63, 3.8) is 0 Å². The summed E-state index contributed by atoms with van der Waals surface area (Å²) in [5.74, 6) is 0.131. The highest BCUT2D eigenvalue weighted by molar-refractivity contribution is 7.89. The first-order chi connectivity index (χ1) is 11.8. The molecule has 1 heterocycles. The lowest BCUT2D eigenvalue weighted by atomic mass is 10.0. The first-order valence-electron chi connectivity index (χ1n) is 9.23. The number of aryl methyl sites for hydroxylation is 1. The maximum atomic E-state index is 12.8. The Balaban J connectivity index is 2.17. The zero-order valence-electron chi connectivity index (χ0n) is 15.5. The van der Waals surface area contributed by atoms with Crippen molar-refractivity contribution in [1.82, 2.24) is 9.62 Å². The Morgan fingerprint density at radius 1 is 1.12 bits per heavy atom. The van der Waals surface area contributed by atoms with Gasteiger partial charge in [0, 0.05) is 13.1 Å². The topological polar surface area (TPSA) is 66.5 Å². The van der Waals surface area contributed by atoms with Crippen LogP contribution in [0.1, 0.15) is 52.0 Å². The number of hydrogen-bond acceptors (Lipinski definition) is 3. The van der Waals surface area contributed by atoms with Gasteiger partial charge >= 0.3 is 0 Å². The molecule has 0 bridgehead atoms. The maximum absolute atomic E-state index is 12.8. The fourth-order valence-corrected chi connectivity index (χ4v) is 4.37. The summed E-state index contributed by atoms with van der Waals surface area (Å²) in [5, 5.41) is 0. The Bertz CT molecular complexity index is 662. The van der Waals surface area contributed by atoms with Gasteiger partial charge in [-0.15, -0.1) is 0 Å². The van der Waals surface area contributed by atoms with Gasteiger partial charge in [0.05, 0.1) is 4.90 Å². The molecular formula is C19H30N2O3S. The standard InChI is InChI=1S/C19H30N2O3S/c1-4-16-8-10-17(11-9-16)25(23,24)20-18(14-15(2)3)19(22)21-12-6-5-7-13-21/h8-11,15,18,20H,4-7,12-14H2,1-3H3/t18-/m1/s1. The van der Waals surface area contributed by atoms with Gasteiger partial charge in [0.1, 0.15) is 6.04 Å². The Labute approximate surface area is 151 Å². The van der Waals surface area contributed by atoms with Crippen molar-refractivity contribution in [2.75, 3.05) is 13.1 Å². The van der Waals surface area contributed by atoms with Crippen molar-refractivity contribution in [3.8, 4) is 0 Å². The quantitative estimate of drug-likeness (QED) is 0.807. The number of carbonyl (C=O) groups excluding carboxylic acids is 1. The third-order valence-electron chi connectivity index (χ3n) is 4.61. The molecule has 0 radical (unpaired) electrons. The third kappa shape index (κ3) is 5.54. The Hall–Kier alpha value is -1.40. The molecule has 0 unspecified atom stereocenters. The number of likely N-dealkylation sites (tertiary alicyclic amines) is 1. The molecule has 0 spiro atoms. The molecule has 1 amide bonds. The van der Waals surface area contributed by atoms with Crippen LogP contribution in [0.5, 0.6) is 0 Å². The minimum absolute atomic E-state index is 0.0952. The third-order valence-corrected chi connectivity index (χ3v) is 6.10. The summed E-state index contributed by atoms with van der Waals surface area (Å²) < 4.78 is 28.1. The first kappa shape index (κ1) is 19.9. The van der Waals surface area contributed by atoms with Gasteiger partial charge < -0.3 is 4.90 Å². The van der Waals surface area contributed by atoms with E-state index in [4.69, 9.17) is 0 Å². The van der Waals surface area contributed by atoms with E-state index >= 15 is 0 Å². The van der Waals surface area contributed by atoms with Gasteiger partial charge in [0.15, 0.2) is 0 Å². The highest BCUT2D eigenvalue weighted by atomic mass is 32.2. The summed E-state index contributed by atoms with van der Waals surface area (Å²) in [6.07, 6.45) is 4.48. The molecule has 0 aromatic heterocycles. The lowest BCUT2D eigenvalue weighted by Crippen LogP contribution is -2.50. The van der Waals surface area contributed by atoms with Crippen LogP contribution in [0.4, 0.5) is 0 Å². The fourth-order valence-electron chi connectivity index (χ4n) is 3.17. The largest absolute Gasteiger partial charge is 0.341 e. The number of carbonyl (C=O) groups is 1. The fraction of sp³-hybridized carbons (Fsp3) is 0.632. The molecule has 1 aromatic carbocycles. The van der Waals surface area contributed by atoms with Crippen molar-refractivity contribution in [1.29, 1.82) is 0 Å². The summed E-state index contributed by atoms with van der Waals surface area (Å²) >= 11 is 0. The SMILES string of the molecule is CCc1ccc(S(=O)(=O)N[C@H](CC(C)C)C(=O)N2CCCCC2)cc1. The molecule has 1 fully saturated rings. The summed E-state index contributed by atoms with van der Waals surface area (Å²) in [7, 11) is -3.71. The Kier molecular flexibility index (Phi) is 7.02. The molecule has 0 saturated carbocycles. The average molecular weight is 367 g/mol. The molecule has 0 aliphatic carbocycles. The van der Waals surface area contributed by atoms with Gasteiger partial charge in [-0.25, -0.2) is 8.42 Å². The Morgan fingerprint density at radius 2 is 1.72 bits per heavy atom. The molecule has 6 heteroatoms. The molecule has 2 rings (SSSR count). The van der Waals surface area contributed by atoms with Gasteiger partial charge in [0.25, 0.3) is 0 Å². The van der Waals surface area contributed by atoms with Gasteiger partial charge in [-0.2, -0.15) is 4.72 Å². The van der Waals surface area contributed by atoms with Crippen LogP contribution in [-0.2, 0) is 21.2 Å². The van der Waals surface area contributed by atoms with Gasteiger partial charge in [-0.05, 0) is 55.7 Å². The van der Waals surface area contributed by atoms with Crippen molar-refractivity contribution < 1.29 is 13.2 Å². The molecule has 1 aromatic rings. The molecule has 25 heavy (non-hydrogen) atoms. The number of nitrogens with one attached hydrogen (secondary N) is 1. The second kappa shape index (κ2) is 8.81. The van der Waals surface area contributed by atoms with E-state index in [1.54, 1.807) is 17.0 Å². The van der Waals surface area contributed by atoms with E-state index in [-0.39, 0.29) is 16.7 Å². The van der Waals surface area contributed by atoms with Crippen LogP contribution in [0.2, 0.25) is 0 Å². The number of amides is 1. The second-order valence-corrected chi connectivity index (χ2v) is 8.90. The van der Waals surface area contributed by atoms with Crippen LogP contribution in [0, 0.1) is 5.92 Å². The first-order valence-corrected chi connectivity index (χ1v) is 10.7. The number of nitrogens with zero attached hydrogens (tertiary/aromatic N) is 1. The van der Waals surface area contributed by atoms with E-state index in [1.165, 1.54) is 0 Å². The van der Waals surface area contributed by atoms with Crippen molar-refractivity contribution in [3.05, 3.63) is 29.8 Å². The zero-order chi connectivity index (χ0) is 18.4. The van der Waals surface area contributed by atoms with Crippen LogP contribution in [-0.4, -0.2) is 38.4 Å². The molecule has 1 aliphatic rings. The van der Waals surface area contributed by atoms with Gasteiger partial charge in [-0.1, -0.05) is 32.9 Å². The molecule has 1 aliphatic heterocycles. The zero-order valence-corrected chi connectivity index (χ0v) is 16.3. The van der Waals surface area contributed by atoms with E-state index in [0.717, 1.165) is 44.3 Å². The normalized spacial score (nSPS) is 16.9. The summed E-state index contributed by atoms with van der Waals surface area (Å²) in [5.41, 5.74) is 1.09. The molecular weight excluding hydrogens is 336 g/mol. The van der Waals surface area contributed by atoms with Crippen LogP contribution < -0.4 is 4.72 Å². The average Bonchev–Trinajstić information content (AvgIpc) is 2.60. The summed E-state index contributed by atoms with van der Waals surface area (Å²) in [4.78, 5) is 14.9. The van der Waals surface area contributed by atoms with Crippen molar-refractivity contribution in [2.24, 2.45) is 5.92 Å². The number of hydrogen-bond donors (Lipinski definition) is 1. The molecule has 1 saturated heterocycles. The van der Waals surface area contributed by atoms with Crippen molar-refractivity contribution in [2.45, 2.75) is 63.8 Å². The molecule has 1 N–H and O–H groups in total. The summed E-state index contributed by atoms with van der Waals surface area (Å²) in [6, 6.07) is 6.16. The van der Waals surface area contributed by atoms with E-state index in [9.17, 15) is 13.2 Å². The van der Waals surface area contributed by atoms with Gasteiger partial charge in [0.2, 0.25) is 15.9 Å². The lowest BCUT2D eigenvalue weighted by molar-refractivity contribution is -0.134. The molecule has 5 nitrogen and oxygen atoms in total. The second-order valence-electron chi connectivity index (χ2n) is 7.19. The highest BCUT2D eigenvalue weighted by Gasteiger charge is 2.30. The Morgan fingerprint density at radius 3 is 2.24 bits per heavy atom. The number of sulfonamides is 1. The number of benzene rings is 1. The molecule has 140 valence electrons. The predicted octanol–water partition coefficient (Wildman–Crippen LogP) is 2.95. The minimum atomic E-state index is -3.71. The van der Waals surface area contributed by atoms with Crippen LogP contribution in [0.15, 0.2) is 29.2 Å².